The maximum Gasteiger partial charge on any atom is 0.258 e. The Morgan fingerprint density at radius 3 is 1.31 bits per heavy atom. The van der Waals surface area contributed by atoms with Gasteiger partial charge in [-0.15, -0.1) is 0 Å². The molecule has 436 valence electrons. The summed E-state index contributed by atoms with van der Waals surface area (Å²) in [6.07, 6.45) is 0.843. The van der Waals surface area contributed by atoms with Crippen LogP contribution in [0.1, 0.15) is 48.5 Å². The Hall–Kier alpha value is -1.10. The molecule has 1 saturated heterocycles. The number of aliphatic hydroxyl groups excluding tert-OH is 5. The van der Waals surface area contributed by atoms with Crippen LogP contribution < -0.4 is 28.2 Å². The van der Waals surface area contributed by atoms with E-state index < -0.39 is 20.2 Å². The fourth-order valence-corrected chi connectivity index (χ4v) is 5.24. The molecule has 2 atom stereocenters. The van der Waals surface area contributed by atoms with Crippen molar-refractivity contribution in [2.45, 2.75) is 60.7 Å². The van der Waals surface area contributed by atoms with E-state index in [1.54, 1.807) is 13.8 Å². The lowest BCUT2D eigenvalue weighted by Crippen LogP contribution is -3.00. The number of nitrogens with one attached hydrogen (secondary N) is 1. The Labute approximate surface area is 434 Å². The first-order chi connectivity index (χ1) is 32.6. The zero-order chi connectivity index (χ0) is 55.1. The molecule has 0 aromatic carbocycles. The van der Waals surface area contributed by atoms with E-state index >= 15 is 0 Å². The van der Waals surface area contributed by atoms with Gasteiger partial charge in [0.25, 0.3) is 20.2 Å². The summed E-state index contributed by atoms with van der Waals surface area (Å²) in [5.41, 5.74) is 0. The summed E-state index contributed by atoms with van der Waals surface area (Å²) in [5, 5.41) is 63.9. The summed E-state index contributed by atoms with van der Waals surface area (Å²) in [5.74, 6) is -0.212. The van der Waals surface area contributed by atoms with Gasteiger partial charge < -0.3 is 99.6 Å². The van der Waals surface area contributed by atoms with E-state index in [-0.39, 0.29) is 56.6 Å². The Morgan fingerprint density at radius 1 is 0.676 bits per heavy atom. The predicted molar refractivity (Wildman–Crippen MR) is 263 cm³/mol. The van der Waals surface area contributed by atoms with Gasteiger partial charge >= 0.3 is 0 Å². The molecule has 0 aromatic rings. The molecule has 28 heteroatoms. The minimum Gasteiger partial charge on any atom is -1.00 e. The normalized spacial score (nSPS) is 14.6. The number of nitrogens with zero attached hydrogens (tertiary/aromatic N) is 5. The van der Waals surface area contributed by atoms with E-state index in [0.29, 0.717) is 71.9 Å². The number of amides is 1. The number of hydrogen-bond donors (Lipinski definition) is 6. The molecule has 2 unspecified atom stereocenters. The van der Waals surface area contributed by atoms with Crippen molar-refractivity contribution in [3.8, 4) is 0 Å². The van der Waals surface area contributed by atoms with E-state index in [1.165, 1.54) is 6.92 Å². The van der Waals surface area contributed by atoms with Crippen LogP contribution in [0.3, 0.4) is 0 Å². The van der Waals surface area contributed by atoms with Gasteiger partial charge in [-0.3, -0.25) is 14.6 Å². The van der Waals surface area contributed by atoms with Crippen molar-refractivity contribution in [2.24, 2.45) is 0 Å². The minimum atomic E-state index is -3.72. The third kappa shape index (κ3) is 59.7. The molecule has 0 bridgehead atoms. The molecule has 1 fully saturated rings. The molecular formula is C43H101ClN6O19S2. The van der Waals surface area contributed by atoms with Crippen molar-refractivity contribution in [1.82, 2.24) is 15.1 Å². The van der Waals surface area contributed by atoms with Gasteiger partial charge in [-0.05, 0) is 48.6 Å². The Balaban J connectivity index is -0.000000183. The van der Waals surface area contributed by atoms with Crippen LogP contribution in [0.25, 0.3) is 0 Å². The molecule has 0 saturated carbocycles. The number of carbonyl (C=O) groups excluding carboxylic acids is 1. The summed E-state index contributed by atoms with van der Waals surface area (Å²) in [7, 11) is 3.29. The van der Waals surface area contributed by atoms with Crippen LogP contribution in [0.2, 0.25) is 0 Å². The van der Waals surface area contributed by atoms with Gasteiger partial charge in [0, 0.05) is 33.1 Å². The highest BCUT2D eigenvalue weighted by atomic mass is 35.5. The second-order valence-corrected chi connectivity index (χ2v) is 20.7. The molecule has 25 nitrogen and oxygen atoms in total. The number of likely N-dealkylation sites (N-methyl/N-ethyl adjacent to an activating group) is 4. The summed E-state index contributed by atoms with van der Waals surface area (Å²) < 4.78 is 73.1. The second-order valence-electron chi connectivity index (χ2n) is 17.3. The first-order valence-corrected chi connectivity index (χ1v) is 27.3. The number of quaternary nitrogens is 3. The molecule has 1 amide bonds. The maximum atomic E-state index is 10.6. The van der Waals surface area contributed by atoms with Crippen molar-refractivity contribution in [3.05, 3.63) is 0 Å². The standard InChI is InChI=1S/C11H26NO4.C10H24NO4.C10H24NO2.C9H19N3O.C2H6O4S.CH4O4S.ClH/c1-3-12(2,4-8-15-10-6-13)5-9-16-11-7-14;1-11(2,3-7-14-9-5-12)4-8-15-10-6-13;1-5-11(4,6-2)7-8-13-9-10(3)12;1-8(13)10-4-5-12-7-6-11(3)9(12)2;1-2-7(4,5)6-3;1-6(3,4)5-2;/h13-14H,3-11H2,1-2H3;12-13H,3-10H2,1-2H3;10,12H,5-9H2,1-4H3;9H,4-7H2,1-3H3,(H,10,13);3H,2H2,1H3;2H,1H3;1H/q3*+1;;;;/p-3. The number of rotatable bonds is 34. The monoisotopic (exact) mass is 1100 g/mol. The fraction of sp³-hybridized carbons (Fsp3) is 0.977. The van der Waals surface area contributed by atoms with Gasteiger partial charge in [-0.2, -0.15) is 0 Å². The van der Waals surface area contributed by atoms with Crippen LogP contribution in [-0.4, -0.2) is 302 Å². The van der Waals surface area contributed by atoms with Gasteiger partial charge in [0.05, 0.1) is 165 Å². The Bertz CT molecular complexity index is 1340. The van der Waals surface area contributed by atoms with Gasteiger partial charge in [-0.1, -0.05) is 0 Å². The number of hydrogen-bond acceptors (Lipinski definition) is 21. The number of ether oxygens (including phenoxy) is 5. The highest BCUT2D eigenvalue weighted by molar-refractivity contribution is 7.86. The zero-order valence-electron chi connectivity index (χ0n) is 45.6. The van der Waals surface area contributed by atoms with Crippen LogP contribution in [0.4, 0.5) is 0 Å². The second kappa shape index (κ2) is 51.0. The smallest absolute Gasteiger partial charge is 0.258 e. The topological polar surface area (TPSA) is 316 Å². The molecule has 1 rings (SSSR count). The predicted octanol–water partition coefficient (Wildman–Crippen LogP) is -6.99. The number of carbonyl (C=O) groups is 1. The average Bonchev–Trinajstić information content (AvgIpc) is 3.64. The molecule has 71 heavy (non-hydrogen) atoms. The van der Waals surface area contributed by atoms with Crippen LogP contribution in [0.15, 0.2) is 0 Å². The fourth-order valence-electron chi connectivity index (χ4n) is 5.14. The lowest BCUT2D eigenvalue weighted by Gasteiger charge is -2.33. The van der Waals surface area contributed by atoms with Crippen molar-refractivity contribution in [1.29, 1.82) is 0 Å². The highest BCUT2D eigenvalue weighted by Gasteiger charge is 2.24. The summed E-state index contributed by atoms with van der Waals surface area (Å²) >= 11 is 0. The van der Waals surface area contributed by atoms with Crippen LogP contribution in [0.5, 0.6) is 0 Å². The zero-order valence-corrected chi connectivity index (χ0v) is 48.0. The van der Waals surface area contributed by atoms with E-state index in [9.17, 15) is 21.6 Å². The third-order valence-corrected chi connectivity index (χ3v) is 12.0. The first kappa shape index (κ1) is 81.3. The van der Waals surface area contributed by atoms with Gasteiger partial charge in [0.2, 0.25) is 5.91 Å². The average molecular weight is 1110 g/mol. The lowest BCUT2D eigenvalue weighted by atomic mass is 10.4. The number of aliphatic hydroxyl groups is 5. The molecule has 6 N–H and O–H groups in total. The first-order valence-electron chi connectivity index (χ1n) is 23.9. The van der Waals surface area contributed by atoms with E-state index in [4.69, 9.17) is 59.7 Å². The van der Waals surface area contributed by atoms with Crippen LogP contribution >= 0.6 is 0 Å². The Kier molecular flexibility index (Phi) is 58.4. The minimum absolute atomic E-state index is 0. The van der Waals surface area contributed by atoms with Crippen molar-refractivity contribution < 1.29 is 116 Å². The Morgan fingerprint density at radius 2 is 1.04 bits per heavy atom. The maximum absolute atomic E-state index is 10.6. The molecule has 0 radical (unpaired) electrons. The molecule has 1 aliphatic rings. The molecule has 0 spiro atoms. The van der Waals surface area contributed by atoms with Crippen molar-refractivity contribution in [2.75, 3.05) is 218 Å². The molecule has 1 aliphatic heterocycles. The van der Waals surface area contributed by atoms with Gasteiger partial charge in [0.1, 0.15) is 32.7 Å². The van der Waals surface area contributed by atoms with E-state index in [2.05, 4.69) is 86.7 Å². The van der Waals surface area contributed by atoms with E-state index in [0.717, 1.165) is 98.6 Å². The summed E-state index contributed by atoms with van der Waals surface area (Å²) in [6.45, 7) is 30.9. The quantitative estimate of drug-likeness (QED) is 0.0151. The van der Waals surface area contributed by atoms with Crippen molar-refractivity contribution in [3.63, 3.8) is 0 Å². The lowest BCUT2D eigenvalue weighted by molar-refractivity contribution is -0.908. The molecular weight excluding hydrogens is 1000 g/mol. The van der Waals surface area contributed by atoms with Gasteiger partial charge in [0.15, 0.2) is 0 Å². The number of halogens is 1. The van der Waals surface area contributed by atoms with Crippen LogP contribution in [0, 0.1) is 0 Å². The third-order valence-electron chi connectivity index (χ3n) is 10.9. The molecule has 1 heterocycles. The molecule has 0 aromatic heterocycles. The molecule has 0 aliphatic carbocycles. The summed E-state index contributed by atoms with van der Waals surface area (Å²) in [4.78, 5) is 15.3. The van der Waals surface area contributed by atoms with Gasteiger partial charge in [-0.25, -0.2) is 16.8 Å². The largest absolute Gasteiger partial charge is 1.00 e. The van der Waals surface area contributed by atoms with Crippen LogP contribution in [-0.2, 0) is 57.4 Å². The summed E-state index contributed by atoms with van der Waals surface area (Å²) in [6, 6.07) is 0. The highest BCUT2D eigenvalue weighted by Crippen LogP contribution is 2.10. The van der Waals surface area contributed by atoms with Crippen molar-refractivity contribution >= 4 is 26.1 Å². The SMILES string of the molecule is CC(=O)NCCN1CCN(C)C1C.CCS(=O)(=O)O[O-].CC[N+](C)(CC)CCOCC(C)O.CC[N+](C)(CCOCCO)CCOCCO.CS(=O)(=O)O[O-].C[N+](C)(CCOCCO)CCOCCO.[Cl-]. The van der Waals surface area contributed by atoms with E-state index in [1.807, 2.05) is 0 Å².